The number of aromatic nitrogens is 2. The lowest BCUT2D eigenvalue weighted by atomic mass is 10.1. The number of rotatable bonds is 3. The van der Waals surface area contributed by atoms with E-state index in [-0.39, 0.29) is 0 Å². The Kier molecular flexibility index (Phi) is 3.10. The van der Waals surface area contributed by atoms with Crippen LogP contribution < -0.4 is 5.32 Å². The zero-order chi connectivity index (χ0) is 13.9. The van der Waals surface area contributed by atoms with Gasteiger partial charge in [0.1, 0.15) is 6.07 Å². The van der Waals surface area contributed by atoms with Crippen LogP contribution in [0.3, 0.4) is 0 Å². The lowest BCUT2D eigenvalue weighted by molar-refractivity contribution is 0.961. The van der Waals surface area contributed by atoms with Crippen molar-refractivity contribution < 1.29 is 0 Å². The molecule has 2 heterocycles. The predicted octanol–water partition coefficient (Wildman–Crippen LogP) is 3.13. The molecule has 2 aromatic heterocycles. The zero-order valence-corrected chi connectivity index (χ0v) is 11.2. The number of hydrogen-bond acceptors (Lipinski definition) is 3. The molecule has 20 heavy (non-hydrogen) atoms. The Bertz CT molecular complexity index is 796. The standard InChI is InChI=1S/C16H14N4/c1-12-5-4-6-15(14(12)9-17)18-10-13-11-19-20-8-3-2-7-16(13)20/h2-8,11,18H,10H2,1H3. The van der Waals surface area contributed by atoms with Gasteiger partial charge < -0.3 is 5.32 Å². The molecule has 3 rings (SSSR count). The molecular formula is C16H14N4. The highest BCUT2D eigenvalue weighted by Gasteiger charge is 2.06. The summed E-state index contributed by atoms with van der Waals surface area (Å²) in [5.41, 5.74) is 4.73. The fourth-order valence-electron chi connectivity index (χ4n) is 2.28. The van der Waals surface area contributed by atoms with E-state index in [1.165, 1.54) is 0 Å². The van der Waals surface area contributed by atoms with E-state index in [1.807, 2.05) is 60.2 Å². The number of benzene rings is 1. The molecule has 0 amide bonds. The van der Waals surface area contributed by atoms with Gasteiger partial charge in [-0.05, 0) is 30.7 Å². The van der Waals surface area contributed by atoms with E-state index in [4.69, 9.17) is 0 Å². The molecule has 1 aromatic carbocycles. The number of nitriles is 1. The van der Waals surface area contributed by atoms with Gasteiger partial charge in [0.05, 0.1) is 23.0 Å². The number of nitrogens with zero attached hydrogens (tertiary/aromatic N) is 3. The van der Waals surface area contributed by atoms with Gasteiger partial charge in [-0.1, -0.05) is 18.2 Å². The highest BCUT2D eigenvalue weighted by molar-refractivity contribution is 5.62. The maximum absolute atomic E-state index is 9.22. The lowest BCUT2D eigenvalue weighted by Gasteiger charge is -2.09. The molecule has 1 N–H and O–H groups in total. The van der Waals surface area contributed by atoms with Crippen LogP contribution in [-0.4, -0.2) is 9.61 Å². The average Bonchev–Trinajstić information content (AvgIpc) is 2.88. The number of hydrogen-bond donors (Lipinski definition) is 1. The second-order valence-electron chi connectivity index (χ2n) is 4.66. The summed E-state index contributed by atoms with van der Waals surface area (Å²) in [4.78, 5) is 0. The Morgan fingerprint density at radius 2 is 2.15 bits per heavy atom. The van der Waals surface area contributed by atoms with Gasteiger partial charge in [-0.3, -0.25) is 0 Å². The first-order valence-corrected chi connectivity index (χ1v) is 6.44. The molecule has 4 heteroatoms. The van der Waals surface area contributed by atoms with Crippen molar-refractivity contribution in [3.05, 3.63) is 65.5 Å². The average molecular weight is 262 g/mol. The second-order valence-corrected chi connectivity index (χ2v) is 4.66. The normalized spacial score (nSPS) is 10.4. The van der Waals surface area contributed by atoms with Crippen molar-refractivity contribution in [2.45, 2.75) is 13.5 Å². The van der Waals surface area contributed by atoms with Crippen LogP contribution in [0.4, 0.5) is 5.69 Å². The van der Waals surface area contributed by atoms with Crippen molar-refractivity contribution in [3.63, 3.8) is 0 Å². The van der Waals surface area contributed by atoms with Crippen molar-refractivity contribution in [2.24, 2.45) is 0 Å². The van der Waals surface area contributed by atoms with Gasteiger partial charge in [0.15, 0.2) is 0 Å². The Balaban J connectivity index is 1.87. The van der Waals surface area contributed by atoms with E-state index < -0.39 is 0 Å². The summed E-state index contributed by atoms with van der Waals surface area (Å²) in [6.07, 6.45) is 3.77. The maximum Gasteiger partial charge on any atom is 0.102 e. The number of aryl methyl sites for hydroxylation is 1. The molecule has 0 aliphatic heterocycles. The van der Waals surface area contributed by atoms with Crippen molar-refractivity contribution in [3.8, 4) is 6.07 Å². The van der Waals surface area contributed by atoms with Crippen LogP contribution in [0.2, 0.25) is 0 Å². The fourth-order valence-corrected chi connectivity index (χ4v) is 2.28. The first kappa shape index (κ1) is 12.2. The number of pyridine rings is 1. The van der Waals surface area contributed by atoms with Gasteiger partial charge in [-0.15, -0.1) is 0 Å². The smallest absolute Gasteiger partial charge is 0.102 e. The highest BCUT2D eigenvalue weighted by atomic mass is 15.2. The molecule has 0 aliphatic rings. The molecule has 3 aromatic rings. The first-order valence-electron chi connectivity index (χ1n) is 6.44. The van der Waals surface area contributed by atoms with Crippen molar-refractivity contribution in [1.82, 2.24) is 9.61 Å². The number of anilines is 1. The summed E-state index contributed by atoms with van der Waals surface area (Å²) < 4.78 is 1.85. The van der Waals surface area contributed by atoms with Crippen LogP contribution in [-0.2, 0) is 6.54 Å². The predicted molar refractivity (Wildman–Crippen MR) is 78.4 cm³/mol. The molecule has 0 radical (unpaired) electrons. The molecule has 0 saturated heterocycles. The van der Waals surface area contributed by atoms with E-state index in [9.17, 15) is 5.26 Å². The third-order valence-electron chi connectivity index (χ3n) is 3.36. The molecule has 0 bridgehead atoms. The van der Waals surface area contributed by atoms with E-state index in [0.29, 0.717) is 12.1 Å². The summed E-state index contributed by atoms with van der Waals surface area (Å²) in [5, 5.41) is 16.8. The van der Waals surface area contributed by atoms with Crippen LogP contribution in [0.15, 0.2) is 48.8 Å². The highest BCUT2D eigenvalue weighted by Crippen LogP contribution is 2.20. The Morgan fingerprint density at radius 1 is 1.25 bits per heavy atom. The summed E-state index contributed by atoms with van der Waals surface area (Å²) in [7, 11) is 0. The van der Waals surface area contributed by atoms with E-state index >= 15 is 0 Å². The summed E-state index contributed by atoms with van der Waals surface area (Å²) in [5.74, 6) is 0. The second kappa shape index (κ2) is 5.06. The third kappa shape index (κ3) is 2.10. The minimum atomic E-state index is 0.644. The van der Waals surface area contributed by atoms with Crippen molar-refractivity contribution in [2.75, 3.05) is 5.32 Å². The summed E-state index contributed by atoms with van der Waals surface area (Å²) in [6, 6.07) is 14.0. The SMILES string of the molecule is Cc1cccc(NCc2cnn3ccccc23)c1C#N. The van der Waals surface area contributed by atoms with Crippen molar-refractivity contribution in [1.29, 1.82) is 5.26 Å². The van der Waals surface area contributed by atoms with Crippen LogP contribution in [0.25, 0.3) is 5.52 Å². The summed E-state index contributed by atoms with van der Waals surface area (Å²) in [6.45, 7) is 2.59. The molecule has 0 unspecified atom stereocenters. The fraction of sp³-hybridized carbons (Fsp3) is 0.125. The van der Waals surface area contributed by atoms with Gasteiger partial charge in [-0.25, -0.2) is 4.52 Å². The zero-order valence-electron chi connectivity index (χ0n) is 11.2. The topological polar surface area (TPSA) is 53.1 Å². The summed E-state index contributed by atoms with van der Waals surface area (Å²) >= 11 is 0. The number of nitrogens with one attached hydrogen (secondary N) is 1. The lowest BCUT2D eigenvalue weighted by Crippen LogP contribution is -2.02. The molecule has 4 nitrogen and oxygen atoms in total. The Hall–Kier alpha value is -2.80. The molecule has 98 valence electrons. The largest absolute Gasteiger partial charge is 0.380 e. The van der Waals surface area contributed by atoms with Gasteiger partial charge in [-0.2, -0.15) is 10.4 Å². The molecule has 0 fully saturated rings. The molecule has 0 atom stereocenters. The van der Waals surface area contributed by atoms with E-state index in [0.717, 1.165) is 22.3 Å². The molecular weight excluding hydrogens is 248 g/mol. The van der Waals surface area contributed by atoms with Gasteiger partial charge >= 0.3 is 0 Å². The Labute approximate surface area is 117 Å². The van der Waals surface area contributed by atoms with Crippen LogP contribution in [0, 0.1) is 18.3 Å². The minimum Gasteiger partial charge on any atom is -0.380 e. The van der Waals surface area contributed by atoms with Gasteiger partial charge in [0.2, 0.25) is 0 Å². The molecule has 0 aliphatic carbocycles. The van der Waals surface area contributed by atoms with Gasteiger partial charge in [0.25, 0.3) is 0 Å². The Morgan fingerprint density at radius 3 is 3.00 bits per heavy atom. The first-order chi connectivity index (χ1) is 9.79. The van der Waals surface area contributed by atoms with E-state index in [1.54, 1.807) is 0 Å². The third-order valence-corrected chi connectivity index (χ3v) is 3.36. The minimum absolute atomic E-state index is 0.644. The van der Waals surface area contributed by atoms with Gasteiger partial charge in [0, 0.05) is 18.3 Å². The van der Waals surface area contributed by atoms with Crippen LogP contribution in [0.5, 0.6) is 0 Å². The quantitative estimate of drug-likeness (QED) is 0.789. The van der Waals surface area contributed by atoms with Crippen LogP contribution in [0.1, 0.15) is 16.7 Å². The molecule has 0 spiro atoms. The van der Waals surface area contributed by atoms with E-state index in [2.05, 4.69) is 16.5 Å². The van der Waals surface area contributed by atoms with Crippen molar-refractivity contribution >= 4 is 11.2 Å². The van der Waals surface area contributed by atoms with Crippen LogP contribution >= 0.6 is 0 Å². The molecule has 0 saturated carbocycles. The monoisotopic (exact) mass is 262 g/mol. The maximum atomic E-state index is 9.22. The number of fused-ring (bicyclic) bond motifs is 1.